The van der Waals surface area contributed by atoms with Crippen LogP contribution in [0.3, 0.4) is 0 Å². The van der Waals surface area contributed by atoms with E-state index < -0.39 is 18.0 Å². The maximum absolute atomic E-state index is 12.9. The lowest BCUT2D eigenvalue weighted by Gasteiger charge is -2.30. The summed E-state index contributed by atoms with van der Waals surface area (Å²) in [4.78, 5) is 25.4. The molecule has 0 saturated carbocycles. The van der Waals surface area contributed by atoms with Gasteiger partial charge in [-0.25, -0.2) is 9.59 Å². The number of esters is 1. The minimum Gasteiger partial charge on any atom is -0.493 e. The quantitative estimate of drug-likeness (QED) is 0.647. The van der Waals surface area contributed by atoms with Gasteiger partial charge in [0, 0.05) is 0 Å². The van der Waals surface area contributed by atoms with E-state index in [-0.39, 0.29) is 6.61 Å². The highest BCUT2D eigenvalue weighted by Crippen LogP contribution is 2.36. The zero-order chi connectivity index (χ0) is 21.5. The molecule has 1 aliphatic heterocycles. The van der Waals surface area contributed by atoms with Crippen molar-refractivity contribution in [3.63, 3.8) is 0 Å². The second-order valence-corrected chi connectivity index (χ2v) is 6.67. The lowest BCUT2D eigenvalue weighted by atomic mass is 9.92. The summed E-state index contributed by atoms with van der Waals surface area (Å²) >= 11 is 0. The lowest BCUT2D eigenvalue weighted by molar-refractivity contribution is -0.138. The highest BCUT2D eigenvalue weighted by atomic mass is 16.5. The van der Waals surface area contributed by atoms with Crippen molar-refractivity contribution in [2.45, 2.75) is 26.3 Å². The average molecular weight is 410 g/mol. The van der Waals surface area contributed by atoms with Crippen molar-refractivity contribution in [1.82, 2.24) is 10.6 Å². The van der Waals surface area contributed by atoms with Gasteiger partial charge in [-0.15, -0.1) is 0 Å². The van der Waals surface area contributed by atoms with Crippen molar-refractivity contribution in [3.05, 3.63) is 65.2 Å². The first-order valence-electron chi connectivity index (χ1n) is 9.94. The van der Waals surface area contributed by atoms with Crippen LogP contribution in [0.1, 0.15) is 37.4 Å². The SMILES string of the molecule is CCCOc1cc(C2NC(=O)NC(c3ccccc3)=C2C(=O)OCC)ccc1OC. The van der Waals surface area contributed by atoms with Crippen LogP contribution in [-0.4, -0.2) is 32.3 Å². The topological polar surface area (TPSA) is 85.9 Å². The number of amides is 2. The maximum Gasteiger partial charge on any atom is 0.338 e. The molecule has 0 aliphatic carbocycles. The fourth-order valence-corrected chi connectivity index (χ4v) is 3.27. The summed E-state index contributed by atoms with van der Waals surface area (Å²) in [6.45, 7) is 4.50. The van der Waals surface area contributed by atoms with Gasteiger partial charge < -0.3 is 24.8 Å². The van der Waals surface area contributed by atoms with Crippen molar-refractivity contribution >= 4 is 17.7 Å². The van der Waals surface area contributed by atoms with Crippen LogP contribution in [0.15, 0.2) is 54.1 Å². The summed E-state index contributed by atoms with van der Waals surface area (Å²) in [6.07, 6.45) is 0.837. The van der Waals surface area contributed by atoms with Gasteiger partial charge in [-0.1, -0.05) is 43.3 Å². The second kappa shape index (κ2) is 9.82. The Balaban J connectivity index is 2.13. The first-order chi connectivity index (χ1) is 14.6. The van der Waals surface area contributed by atoms with Crippen molar-refractivity contribution in [1.29, 1.82) is 0 Å². The highest BCUT2D eigenvalue weighted by Gasteiger charge is 2.34. The third-order valence-electron chi connectivity index (χ3n) is 4.61. The van der Waals surface area contributed by atoms with E-state index >= 15 is 0 Å². The molecule has 0 bridgehead atoms. The molecule has 2 amide bonds. The molecule has 0 radical (unpaired) electrons. The molecule has 1 aliphatic rings. The van der Waals surface area contributed by atoms with E-state index in [2.05, 4.69) is 10.6 Å². The summed E-state index contributed by atoms with van der Waals surface area (Å²) in [5.41, 5.74) is 2.16. The van der Waals surface area contributed by atoms with Gasteiger partial charge in [-0.3, -0.25) is 0 Å². The third kappa shape index (κ3) is 4.56. The third-order valence-corrected chi connectivity index (χ3v) is 4.61. The summed E-state index contributed by atoms with van der Waals surface area (Å²) < 4.78 is 16.5. The Morgan fingerprint density at radius 2 is 1.83 bits per heavy atom. The molecule has 30 heavy (non-hydrogen) atoms. The van der Waals surface area contributed by atoms with Crippen LogP contribution in [-0.2, 0) is 9.53 Å². The van der Waals surface area contributed by atoms with Crippen LogP contribution < -0.4 is 20.1 Å². The Labute approximate surface area is 176 Å². The van der Waals surface area contributed by atoms with Crippen LogP contribution in [0.2, 0.25) is 0 Å². The van der Waals surface area contributed by atoms with E-state index in [1.54, 1.807) is 32.2 Å². The molecule has 3 rings (SSSR count). The minimum absolute atomic E-state index is 0.221. The zero-order valence-corrected chi connectivity index (χ0v) is 17.4. The number of hydrogen-bond donors (Lipinski definition) is 2. The smallest absolute Gasteiger partial charge is 0.338 e. The van der Waals surface area contributed by atoms with E-state index in [9.17, 15) is 9.59 Å². The first kappa shape index (κ1) is 21.2. The van der Waals surface area contributed by atoms with Crippen molar-refractivity contribution < 1.29 is 23.8 Å². The predicted molar refractivity (Wildman–Crippen MR) is 113 cm³/mol. The number of ether oxygens (including phenoxy) is 3. The molecule has 2 aromatic carbocycles. The average Bonchev–Trinajstić information content (AvgIpc) is 2.77. The number of rotatable bonds is 8. The van der Waals surface area contributed by atoms with E-state index in [0.717, 1.165) is 12.0 Å². The van der Waals surface area contributed by atoms with Gasteiger partial charge in [-0.2, -0.15) is 0 Å². The molecular weight excluding hydrogens is 384 g/mol. The molecule has 0 aromatic heterocycles. The minimum atomic E-state index is -0.706. The summed E-state index contributed by atoms with van der Waals surface area (Å²) in [5.74, 6) is 0.632. The van der Waals surface area contributed by atoms with Crippen LogP contribution in [0, 0.1) is 0 Å². The molecule has 158 valence electrons. The molecule has 1 heterocycles. The van der Waals surface area contributed by atoms with Crippen molar-refractivity contribution in [3.8, 4) is 11.5 Å². The van der Waals surface area contributed by atoms with Gasteiger partial charge in [0.1, 0.15) is 0 Å². The largest absolute Gasteiger partial charge is 0.493 e. The monoisotopic (exact) mass is 410 g/mol. The Bertz CT molecular complexity index is 940. The molecule has 2 N–H and O–H groups in total. The summed E-state index contributed by atoms with van der Waals surface area (Å²) in [7, 11) is 1.57. The Morgan fingerprint density at radius 1 is 1.07 bits per heavy atom. The first-order valence-corrected chi connectivity index (χ1v) is 9.94. The number of benzene rings is 2. The zero-order valence-electron chi connectivity index (χ0n) is 17.4. The Kier molecular flexibility index (Phi) is 6.95. The van der Waals surface area contributed by atoms with Crippen LogP contribution in [0.25, 0.3) is 5.70 Å². The fourth-order valence-electron chi connectivity index (χ4n) is 3.27. The van der Waals surface area contributed by atoms with E-state index in [0.29, 0.717) is 34.9 Å². The summed E-state index contributed by atoms with van der Waals surface area (Å²) in [5, 5.41) is 5.60. The van der Waals surface area contributed by atoms with Gasteiger partial charge in [0.2, 0.25) is 0 Å². The van der Waals surface area contributed by atoms with Crippen molar-refractivity contribution in [2.75, 3.05) is 20.3 Å². The van der Waals surface area contributed by atoms with Gasteiger partial charge in [-0.05, 0) is 36.6 Å². The van der Waals surface area contributed by atoms with E-state index in [4.69, 9.17) is 14.2 Å². The molecule has 2 aromatic rings. The van der Waals surface area contributed by atoms with Crippen molar-refractivity contribution in [2.24, 2.45) is 0 Å². The number of carbonyl (C=O) groups is 2. The van der Waals surface area contributed by atoms with E-state index in [1.165, 1.54) is 0 Å². The molecule has 7 nitrogen and oxygen atoms in total. The number of nitrogens with one attached hydrogen (secondary N) is 2. The Morgan fingerprint density at radius 3 is 2.50 bits per heavy atom. The van der Waals surface area contributed by atoms with Gasteiger partial charge in [0.15, 0.2) is 11.5 Å². The van der Waals surface area contributed by atoms with Gasteiger partial charge in [0.05, 0.1) is 37.6 Å². The number of urea groups is 1. The van der Waals surface area contributed by atoms with Crippen LogP contribution >= 0.6 is 0 Å². The van der Waals surface area contributed by atoms with Crippen LogP contribution in [0.4, 0.5) is 4.79 Å². The summed E-state index contributed by atoms with van der Waals surface area (Å²) in [6, 6.07) is 13.5. The van der Waals surface area contributed by atoms with E-state index in [1.807, 2.05) is 37.3 Å². The fraction of sp³-hybridized carbons (Fsp3) is 0.304. The highest BCUT2D eigenvalue weighted by molar-refractivity contribution is 6.04. The number of hydrogen-bond acceptors (Lipinski definition) is 5. The molecular formula is C23H26N2O5. The molecule has 0 spiro atoms. The van der Waals surface area contributed by atoms with Gasteiger partial charge >= 0.3 is 12.0 Å². The Hall–Kier alpha value is -3.48. The predicted octanol–water partition coefficient (Wildman–Crippen LogP) is 3.81. The van der Waals surface area contributed by atoms with Crippen LogP contribution in [0.5, 0.6) is 11.5 Å². The molecule has 0 saturated heterocycles. The molecule has 1 unspecified atom stereocenters. The second-order valence-electron chi connectivity index (χ2n) is 6.67. The number of methoxy groups -OCH3 is 1. The standard InChI is InChI=1S/C23H26N2O5/c1-4-13-30-18-14-16(11-12-17(18)28-3)21-19(22(26)29-5-2)20(24-23(27)25-21)15-9-7-6-8-10-15/h6-12,14,21H,4-5,13H2,1-3H3,(H2,24,25,27). The normalized spacial score (nSPS) is 15.8. The number of carbonyl (C=O) groups excluding carboxylic acids is 2. The molecule has 1 atom stereocenters. The maximum atomic E-state index is 12.9. The van der Waals surface area contributed by atoms with Gasteiger partial charge in [0.25, 0.3) is 0 Å². The lowest BCUT2D eigenvalue weighted by Crippen LogP contribution is -2.45. The molecule has 7 heteroatoms. The molecule has 0 fully saturated rings.